The first kappa shape index (κ1) is 17.5. The maximum absolute atomic E-state index is 12.8. The van der Waals surface area contributed by atoms with E-state index in [9.17, 15) is 9.59 Å². The molecule has 0 bridgehead atoms. The van der Waals surface area contributed by atoms with Crippen molar-refractivity contribution in [2.24, 2.45) is 0 Å². The van der Waals surface area contributed by atoms with E-state index in [1.54, 1.807) is 36.0 Å². The Balaban J connectivity index is 1.66. The van der Waals surface area contributed by atoms with Gasteiger partial charge in [-0.15, -0.1) is 11.3 Å². The van der Waals surface area contributed by atoms with Crippen molar-refractivity contribution in [2.75, 3.05) is 18.5 Å². The summed E-state index contributed by atoms with van der Waals surface area (Å²) in [5, 5.41) is 3.39. The zero-order chi connectivity index (χ0) is 19.0. The molecule has 8 heteroatoms. The largest absolute Gasteiger partial charge is 0.486 e. The van der Waals surface area contributed by atoms with Crippen molar-refractivity contribution in [1.29, 1.82) is 0 Å². The van der Waals surface area contributed by atoms with E-state index in [1.165, 1.54) is 11.3 Å². The fraction of sp³-hybridized carbons (Fsp3) is 0.316. The van der Waals surface area contributed by atoms with E-state index in [-0.39, 0.29) is 11.5 Å². The van der Waals surface area contributed by atoms with Gasteiger partial charge in [0.15, 0.2) is 11.5 Å². The first-order chi connectivity index (χ1) is 13.1. The van der Waals surface area contributed by atoms with E-state index in [4.69, 9.17) is 9.47 Å². The number of aryl methyl sites for hydroxylation is 2. The molecule has 0 spiro atoms. The van der Waals surface area contributed by atoms with Gasteiger partial charge in [0, 0.05) is 18.3 Å². The van der Waals surface area contributed by atoms with Crippen LogP contribution in [0.3, 0.4) is 0 Å². The lowest BCUT2D eigenvalue weighted by atomic mass is 10.2. The van der Waals surface area contributed by atoms with E-state index in [2.05, 4.69) is 10.3 Å². The molecule has 7 nitrogen and oxygen atoms in total. The van der Waals surface area contributed by atoms with Gasteiger partial charge in [0.2, 0.25) is 0 Å². The number of anilines is 1. The van der Waals surface area contributed by atoms with Crippen LogP contribution in [0.2, 0.25) is 0 Å². The molecule has 1 aliphatic heterocycles. The van der Waals surface area contributed by atoms with Gasteiger partial charge in [0.05, 0.1) is 16.6 Å². The molecule has 140 valence electrons. The highest BCUT2D eigenvalue weighted by molar-refractivity contribution is 7.20. The van der Waals surface area contributed by atoms with E-state index in [1.807, 2.05) is 6.92 Å². The van der Waals surface area contributed by atoms with Crippen LogP contribution in [-0.4, -0.2) is 28.7 Å². The minimum Gasteiger partial charge on any atom is -0.486 e. The van der Waals surface area contributed by atoms with Gasteiger partial charge in [-0.1, -0.05) is 6.92 Å². The Morgan fingerprint density at radius 3 is 2.85 bits per heavy atom. The predicted molar refractivity (Wildman–Crippen MR) is 104 cm³/mol. The molecule has 0 saturated carbocycles. The number of aromatic nitrogens is 2. The molecule has 0 saturated heterocycles. The average molecular weight is 385 g/mol. The van der Waals surface area contributed by atoms with Crippen molar-refractivity contribution >= 4 is 33.1 Å². The lowest BCUT2D eigenvalue weighted by Crippen LogP contribution is -2.20. The van der Waals surface area contributed by atoms with Crippen LogP contribution in [0.5, 0.6) is 11.5 Å². The van der Waals surface area contributed by atoms with Crippen LogP contribution in [0, 0.1) is 6.92 Å². The molecule has 27 heavy (non-hydrogen) atoms. The molecule has 1 N–H and O–H groups in total. The monoisotopic (exact) mass is 385 g/mol. The molecule has 1 aliphatic rings. The standard InChI is InChI=1S/C19H19N3O4S/c1-3-6-22-10-20-18-15(19(22)24)11(2)16(27-18)17(23)21-12-4-5-13-14(9-12)26-8-7-25-13/h4-5,9-10H,3,6-8H2,1-2H3,(H,21,23). The van der Waals surface area contributed by atoms with Crippen LogP contribution in [0.1, 0.15) is 28.6 Å². The summed E-state index contributed by atoms with van der Waals surface area (Å²) in [6.07, 6.45) is 2.39. The Morgan fingerprint density at radius 1 is 1.30 bits per heavy atom. The number of carbonyl (C=O) groups excluding carboxylic acids is 1. The van der Waals surface area contributed by atoms with Gasteiger partial charge in [-0.2, -0.15) is 0 Å². The molecule has 0 radical (unpaired) electrons. The number of amides is 1. The van der Waals surface area contributed by atoms with Crippen molar-refractivity contribution in [3.63, 3.8) is 0 Å². The Morgan fingerprint density at radius 2 is 2.07 bits per heavy atom. The number of ether oxygens (including phenoxy) is 2. The third kappa shape index (κ3) is 3.16. The highest BCUT2D eigenvalue weighted by atomic mass is 32.1. The molecule has 0 fully saturated rings. The summed E-state index contributed by atoms with van der Waals surface area (Å²) < 4.78 is 12.6. The third-order valence-electron chi connectivity index (χ3n) is 4.39. The minimum absolute atomic E-state index is 0.103. The van der Waals surface area contributed by atoms with Crippen LogP contribution < -0.4 is 20.3 Å². The number of rotatable bonds is 4. The quantitative estimate of drug-likeness (QED) is 0.746. The first-order valence-corrected chi connectivity index (χ1v) is 9.59. The normalized spacial score (nSPS) is 13.0. The molecule has 1 amide bonds. The van der Waals surface area contributed by atoms with Crippen molar-refractivity contribution in [3.05, 3.63) is 45.3 Å². The smallest absolute Gasteiger partial charge is 0.266 e. The lowest BCUT2D eigenvalue weighted by molar-refractivity contribution is 0.103. The van der Waals surface area contributed by atoms with Crippen LogP contribution in [0.25, 0.3) is 10.2 Å². The van der Waals surface area contributed by atoms with E-state index < -0.39 is 0 Å². The van der Waals surface area contributed by atoms with Crippen molar-refractivity contribution in [3.8, 4) is 11.5 Å². The zero-order valence-corrected chi connectivity index (χ0v) is 15.9. The summed E-state index contributed by atoms with van der Waals surface area (Å²) in [5.41, 5.74) is 1.17. The Kier molecular flexibility index (Phi) is 4.57. The number of benzene rings is 1. The highest BCUT2D eigenvalue weighted by Gasteiger charge is 2.20. The molecule has 3 heterocycles. The average Bonchev–Trinajstić information content (AvgIpc) is 3.01. The summed E-state index contributed by atoms with van der Waals surface area (Å²) in [6, 6.07) is 5.27. The van der Waals surface area contributed by atoms with Crippen molar-refractivity contribution in [1.82, 2.24) is 9.55 Å². The number of thiophene rings is 1. The second kappa shape index (κ2) is 7.03. The van der Waals surface area contributed by atoms with Gasteiger partial charge >= 0.3 is 0 Å². The van der Waals surface area contributed by atoms with Gasteiger partial charge < -0.3 is 14.8 Å². The lowest BCUT2D eigenvalue weighted by Gasteiger charge is -2.18. The van der Waals surface area contributed by atoms with Crippen molar-refractivity contribution < 1.29 is 14.3 Å². The Bertz CT molecular complexity index is 1090. The molecule has 1 aromatic carbocycles. The van der Waals surface area contributed by atoms with Gasteiger partial charge in [0.1, 0.15) is 18.0 Å². The maximum atomic E-state index is 12.8. The summed E-state index contributed by atoms with van der Waals surface area (Å²) in [7, 11) is 0. The fourth-order valence-electron chi connectivity index (χ4n) is 3.08. The predicted octanol–water partition coefficient (Wildman–Crippen LogP) is 3.20. The summed E-state index contributed by atoms with van der Waals surface area (Å²) in [6.45, 7) is 5.40. The fourth-order valence-corrected chi connectivity index (χ4v) is 4.12. The SMILES string of the molecule is CCCn1cnc2sc(C(=O)Nc3ccc4c(c3)OCCO4)c(C)c2c1=O. The van der Waals surface area contributed by atoms with Crippen LogP contribution >= 0.6 is 11.3 Å². The maximum Gasteiger partial charge on any atom is 0.266 e. The third-order valence-corrected chi connectivity index (χ3v) is 5.59. The molecule has 4 rings (SSSR count). The molecule has 2 aromatic heterocycles. The zero-order valence-electron chi connectivity index (χ0n) is 15.1. The number of hydrogen-bond donors (Lipinski definition) is 1. The molecular weight excluding hydrogens is 366 g/mol. The van der Waals surface area contributed by atoms with E-state index in [0.29, 0.717) is 57.6 Å². The number of fused-ring (bicyclic) bond motifs is 2. The Labute approximate surface area is 159 Å². The number of nitrogens with one attached hydrogen (secondary N) is 1. The second-order valence-corrected chi connectivity index (χ2v) is 7.29. The van der Waals surface area contributed by atoms with Gasteiger partial charge in [-0.05, 0) is 31.0 Å². The summed E-state index contributed by atoms with van der Waals surface area (Å²) >= 11 is 1.23. The molecule has 0 unspecified atom stereocenters. The Hall–Kier alpha value is -2.87. The molecule has 0 aliphatic carbocycles. The number of nitrogens with zero attached hydrogens (tertiary/aromatic N) is 2. The molecular formula is C19H19N3O4S. The van der Waals surface area contributed by atoms with Crippen LogP contribution in [0.15, 0.2) is 29.3 Å². The van der Waals surface area contributed by atoms with Gasteiger partial charge in [-0.25, -0.2) is 4.98 Å². The van der Waals surface area contributed by atoms with Gasteiger partial charge in [0.25, 0.3) is 11.5 Å². The van der Waals surface area contributed by atoms with E-state index >= 15 is 0 Å². The summed E-state index contributed by atoms with van der Waals surface area (Å²) in [4.78, 5) is 30.9. The molecule has 0 atom stereocenters. The topological polar surface area (TPSA) is 82.5 Å². The summed E-state index contributed by atoms with van der Waals surface area (Å²) in [5.74, 6) is 1.00. The van der Waals surface area contributed by atoms with Crippen LogP contribution in [-0.2, 0) is 6.54 Å². The second-order valence-electron chi connectivity index (χ2n) is 6.29. The number of carbonyl (C=O) groups is 1. The highest BCUT2D eigenvalue weighted by Crippen LogP contribution is 2.33. The van der Waals surface area contributed by atoms with Crippen molar-refractivity contribution in [2.45, 2.75) is 26.8 Å². The molecule has 3 aromatic rings. The van der Waals surface area contributed by atoms with Crippen LogP contribution in [0.4, 0.5) is 5.69 Å². The first-order valence-electron chi connectivity index (χ1n) is 8.78. The van der Waals surface area contributed by atoms with Gasteiger partial charge in [-0.3, -0.25) is 14.2 Å². The minimum atomic E-state index is -0.270. The van der Waals surface area contributed by atoms with E-state index in [0.717, 1.165) is 6.42 Å². The number of hydrogen-bond acceptors (Lipinski definition) is 6.